The highest BCUT2D eigenvalue weighted by molar-refractivity contribution is 7.88. The molecule has 0 aliphatic carbocycles. The van der Waals surface area contributed by atoms with Crippen molar-refractivity contribution >= 4 is 33.5 Å². The molecular weight excluding hydrogens is 528 g/mol. The largest absolute Gasteiger partial charge is 0.394 e. The Morgan fingerprint density at radius 3 is 2.63 bits per heavy atom. The van der Waals surface area contributed by atoms with Crippen molar-refractivity contribution in [1.82, 2.24) is 23.7 Å². The number of carbonyl (C=O) groups is 1. The van der Waals surface area contributed by atoms with Crippen molar-refractivity contribution in [3.8, 4) is 11.3 Å². The van der Waals surface area contributed by atoms with E-state index in [0.29, 0.717) is 55.7 Å². The minimum absolute atomic E-state index is 0.0721. The summed E-state index contributed by atoms with van der Waals surface area (Å²) in [5.74, 6) is 0.311. The topological polar surface area (TPSA) is 121 Å². The second-order valence-electron chi connectivity index (χ2n) is 9.87. The van der Waals surface area contributed by atoms with E-state index in [1.807, 2.05) is 35.9 Å². The summed E-state index contributed by atoms with van der Waals surface area (Å²) in [6, 6.07) is 8.64. The maximum absolute atomic E-state index is 13.5. The summed E-state index contributed by atoms with van der Waals surface area (Å²) in [5, 5.41) is 14.0. The second-order valence-corrected chi connectivity index (χ2v) is 12.3. The average molecular weight is 559 g/mol. The molecule has 1 amide bonds. The summed E-state index contributed by atoms with van der Waals surface area (Å²) in [5.41, 5.74) is 3.74. The summed E-state index contributed by atoms with van der Waals surface area (Å²) in [6.45, 7) is 3.69. The molecule has 1 atom stereocenters. The first-order chi connectivity index (χ1) is 18.1. The predicted octanol–water partition coefficient (Wildman–Crippen LogP) is 2.93. The molecule has 12 heteroatoms. The first kappa shape index (κ1) is 26.6. The first-order valence-electron chi connectivity index (χ1n) is 12.6. The van der Waals surface area contributed by atoms with Gasteiger partial charge in [-0.05, 0) is 49.1 Å². The van der Waals surface area contributed by atoms with Crippen molar-refractivity contribution in [3.63, 3.8) is 0 Å². The zero-order chi connectivity index (χ0) is 27.0. The quantitative estimate of drug-likeness (QED) is 0.457. The van der Waals surface area contributed by atoms with E-state index in [1.165, 1.54) is 10.6 Å². The fourth-order valence-corrected chi connectivity index (χ4v) is 6.25. The van der Waals surface area contributed by atoms with Gasteiger partial charge in [0.1, 0.15) is 5.69 Å². The SMILES string of the molecule is Cc1cnc(NC2CCN(S(C)(=O)=O)CC2)nc1-c1cc2n(c1)CCN(C(CO)c1cccc(Cl)c1)C2=O. The molecule has 1 unspecified atom stereocenters. The number of hydrogen-bond acceptors (Lipinski definition) is 7. The van der Waals surface area contributed by atoms with Gasteiger partial charge in [0.15, 0.2) is 0 Å². The standard InChI is InChI=1S/C26H31ClN6O4S/c1-17-14-28-26(29-21-6-8-32(9-7-21)38(2,36)37)30-24(17)19-13-22-25(35)33(11-10-31(22)15-19)23(16-34)18-4-3-5-20(27)12-18/h3-5,12-15,21,23,34H,6-11,16H2,1-2H3,(H,28,29,30). The van der Waals surface area contributed by atoms with Crippen LogP contribution in [0.15, 0.2) is 42.7 Å². The van der Waals surface area contributed by atoms with E-state index >= 15 is 0 Å². The van der Waals surface area contributed by atoms with E-state index in [-0.39, 0.29) is 18.6 Å². The maximum atomic E-state index is 13.5. The van der Waals surface area contributed by atoms with E-state index < -0.39 is 16.1 Å². The Morgan fingerprint density at radius 1 is 1.18 bits per heavy atom. The van der Waals surface area contributed by atoms with Crippen LogP contribution in [0.1, 0.15) is 40.5 Å². The van der Waals surface area contributed by atoms with Gasteiger partial charge in [0, 0.05) is 55.2 Å². The number of carbonyl (C=O) groups excluding carboxylic acids is 1. The van der Waals surface area contributed by atoms with Gasteiger partial charge in [0.25, 0.3) is 5.91 Å². The van der Waals surface area contributed by atoms with Crippen LogP contribution < -0.4 is 5.32 Å². The molecule has 1 fully saturated rings. The molecule has 0 spiro atoms. The molecule has 3 aromatic rings. The van der Waals surface area contributed by atoms with Crippen LogP contribution in [0.2, 0.25) is 5.02 Å². The Kier molecular flexibility index (Phi) is 7.45. The predicted molar refractivity (Wildman–Crippen MR) is 146 cm³/mol. The third-order valence-corrected chi connectivity index (χ3v) is 8.78. The lowest BCUT2D eigenvalue weighted by Gasteiger charge is -2.34. The number of nitrogens with zero attached hydrogens (tertiary/aromatic N) is 5. The Morgan fingerprint density at radius 2 is 1.95 bits per heavy atom. The molecule has 4 heterocycles. The molecule has 0 saturated carbocycles. The van der Waals surface area contributed by atoms with Crippen LogP contribution in [-0.4, -0.2) is 81.7 Å². The lowest BCUT2D eigenvalue weighted by atomic mass is 10.0. The van der Waals surface area contributed by atoms with Gasteiger partial charge in [0.2, 0.25) is 16.0 Å². The number of sulfonamides is 1. The lowest BCUT2D eigenvalue weighted by Crippen LogP contribution is -2.43. The van der Waals surface area contributed by atoms with Gasteiger partial charge in [-0.15, -0.1) is 0 Å². The van der Waals surface area contributed by atoms with E-state index in [9.17, 15) is 18.3 Å². The normalized spacial score (nSPS) is 17.9. The van der Waals surface area contributed by atoms with Crippen molar-refractivity contribution in [2.45, 2.75) is 38.4 Å². The molecule has 10 nitrogen and oxygen atoms in total. The second kappa shape index (κ2) is 10.6. The van der Waals surface area contributed by atoms with Gasteiger partial charge < -0.3 is 19.9 Å². The van der Waals surface area contributed by atoms with E-state index in [1.54, 1.807) is 23.2 Å². The van der Waals surface area contributed by atoms with Gasteiger partial charge in [-0.1, -0.05) is 23.7 Å². The third kappa shape index (κ3) is 5.42. The van der Waals surface area contributed by atoms with Crippen LogP contribution in [0.4, 0.5) is 5.95 Å². The summed E-state index contributed by atoms with van der Waals surface area (Å²) in [4.78, 5) is 24.4. The zero-order valence-corrected chi connectivity index (χ0v) is 22.9. The molecule has 38 heavy (non-hydrogen) atoms. The molecular formula is C26H31ClN6O4S. The van der Waals surface area contributed by atoms with Crippen LogP contribution in [0.3, 0.4) is 0 Å². The van der Waals surface area contributed by atoms with Gasteiger partial charge in [0.05, 0.1) is 24.6 Å². The van der Waals surface area contributed by atoms with Crippen molar-refractivity contribution in [3.05, 3.63) is 64.6 Å². The van der Waals surface area contributed by atoms with Crippen LogP contribution in [0.5, 0.6) is 0 Å². The number of anilines is 1. The lowest BCUT2D eigenvalue weighted by molar-refractivity contribution is 0.0526. The van der Waals surface area contributed by atoms with Crippen LogP contribution >= 0.6 is 11.6 Å². The van der Waals surface area contributed by atoms with E-state index in [2.05, 4.69) is 10.3 Å². The highest BCUT2D eigenvalue weighted by Crippen LogP contribution is 2.31. The van der Waals surface area contributed by atoms with E-state index in [4.69, 9.17) is 16.6 Å². The Balaban J connectivity index is 1.35. The summed E-state index contributed by atoms with van der Waals surface area (Å²) < 4.78 is 27.0. The van der Waals surface area contributed by atoms with Crippen LogP contribution in [0, 0.1) is 6.92 Å². The number of nitrogens with one attached hydrogen (secondary N) is 1. The third-order valence-electron chi connectivity index (χ3n) is 7.24. The summed E-state index contributed by atoms with van der Waals surface area (Å²) in [7, 11) is -3.18. The van der Waals surface area contributed by atoms with Gasteiger partial charge >= 0.3 is 0 Å². The number of piperidine rings is 1. The fourth-order valence-electron chi connectivity index (χ4n) is 5.18. The summed E-state index contributed by atoms with van der Waals surface area (Å²) >= 11 is 6.15. The molecule has 0 radical (unpaired) electrons. The van der Waals surface area contributed by atoms with Gasteiger partial charge in [-0.3, -0.25) is 4.79 Å². The molecule has 202 valence electrons. The van der Waals surface area contributed by atoms with E-state index in [0.717, 1.165) is 22.4 Å². The number of hydrogen-bond donors (Lipinski definition) is 2. The monoisotopic (exact) mass is 558 g/mol. The molecule has 1 saturated heterocycles. The molecule has 1 aromatic carbocycles. The number of fused-ring (bicyclic) bond motifs is 1. The molecule has 5 rings (SSSR count). The number of aromatic nitrogens is 3. The number of aryl methyl sites for hydroxylation is 1. The number of aliphatic hydroxyl groups excluding tert-OH is 1. The van der Waals surface area contributed by atoms with Crippen LogP contribution in [0.25, 0.3) is 11.3 Å². The maximum Gasteiger partial charge on any atom is 0.271 e. The molecule has 2 aliphatic rings. The zero-order valence-electron chi connectivity index (χ0n) is 21.3. The van der Waals surface area contributed by atoms with Crippen molar-refractivity contribution in [2.75, 3.05) is 37.8 Å². The molecule has 0 bridgehead atoms. The summed E-state index contributed by atoms with van der Waals surface area (Å²) in [6.07, 6.45) is 6.26. The Bertz CT molecular complexity index is 1450. The highest BCUT2D eigenvalue weighted by atomic mass is 35.5. The Labute approximate surface area is 227 Å². The molecule has 2 aliphatic heterocycles. The van der Waals surface area contributed by atoms with Crippen molar-refractivity contribution in [1.29, 1.82) is 0 Å². The average Bonchev–Trinajstić information content (AvgIpc) is 3.32. The minimum Gasteiger partial charge on any atom is -0.394 e. The number of rotatable bonds is 7. The number of amides is 1. The van der Waals surface area contributed by atoms with Gasteiger partial charge in [-0.25, -0.2) is 22.7 Å². The molecule has 2 N–H and O–H groups in total. The van der Waals surface area contributed by atoms with Crippen LogP contribution in [-0.2, 0) is 16.6 Å². The van der Waals surface area contributed by atoms with Gasteiger partial charge in [-0.2, -0.15) is 0 Å². The van der Waals surface area contributed by atoms with Crippen molar-refractivity contribution < 1.29 is 18.3 Å². The fraction of sp³-hybridized carbons (Fsp3) is 0.423. The Hall–Kier alpha value is -2.99. The highest BCUT2D eigenvalue weighted by Gasteiger charge is 2.32. The number of benzene rings is 1. The minimum atomic E-state index is -3.18. The van der Waals surface area contributed by atoms with Crippen molar-refractivity contribution in [2.24, 2.45) is 0 Å². The molecule has 2 aromatic heterocycles. The number of aliphatic hydroxyl groups is 1. The number of halogens is 1. The first-order valence-corrected chi connectivity index (χ1v) is 14.8. The smallest absolute Gasteiger partial charge is 0.271 e.